The van der Waals surface area contributed by atoms with E-state index in [0.717, 1.165) is 0 Å². The second-order valence-corrected chi connectivity index (χ2v) is 4.13. The van der Waals surface area contributed by atoms with Crippen molar-refractivity contribution in [3.63, 3.8) is 0 Å². The maximum absolute atomic E-state index is 12.3. The van der Waals surface area contributed by atoms with Crippen molar-refractivity contribution in [2.75, 3.05) is 26.3 Å². The first kappa shape index (κ1) is 12.5. The van der Waals surface area contributed by atoms with Crippen LogP contribution in [0.25, 0.3) is 0 Å². The van der Waals surface area contributed by atoms with Gasteiger partial charge in [-0.15, -0.1) is 0 Å². The van der Waals surface area contributed by atoms with Crippen molar-refractivity contribution >= 4 is 11.6 Å². The molecule has 0 spiro atoms. The van der Waals surface area contributed by atoms with Gasteiger partial charge in [-0.1, -0.05) is 12.1 Å². The first-order valence-corrected chi connectivity index (χ1v) is 5.72. The van der Waals surface area contributed by atoms with Gasteiger partial charge in [0.15, 0.2) is 0 Å². The largest absolute Gasteiger partial charge is 0.378 e. The number of benzene rings is 1. The molecule has 0 aliphatic carbocycles. The number of aryl methyl sites for hydroxylation is 1. The molecule has 1 aliphatic heterocycles. The van der Waals surface area contributed by atoms with Gasteiger partial charge in [0.2, 0.25) is 0 Å². The normalized spacial score (nSPS) is 15.5. The molecule has 1 aliphatic rings. The third-order valence-corrected chi connectivity index (χ3v) is 2.96. The summed E-state index contributed by atoms with van der Waals surface area (Å²) in [6.45, 7) is 3.62. The summed E-state index contributed by atoms with van der Waals surface area (Å²) in [5.74, 6) is -0.289. The Morgan fingerprint density at radius 1 is 1.39 bits per heavy atom. The Bertz CT molecular complexity index is 481. The maximum atomic E-state index is 12.3. The van der Waals surface area contributed by atoms with E-state index >= 15 is 0 Å². The molecule has 18 heavy (non-hydrogen) atoms. The zero-order chi connectivity index (χ0) is 13.1. The minimum Gasteiger partial charge on any atom is -0.378 e. The number of carbonyl (C=O) groups is 1. The Kier molecular flexibility index (Phi) is 3.57. The highest BCUT2D eigenvalue weighted by atomic mass is 16.6. The molecule has 1 saturated heterocycles. The second kappa shape index (κ2) is 5.14. The fourth-order valence-electron chi connectivity index (χ4n) is 2.01. The molecular formula is C12H14N2O4. The number of hydrogen-bond acceptors (Lipinski definition) is 4. The fraction of sp³-hybridized carbons (Fsp3) is 0.417. The van der Waals surface area contributed by atoms with Gasteiger partial charge in [-0.05, 0) is 12.5 Å². The van der Waals surface area contributed by atoms with Crippen LogP contribution >= 0.6 is 0 Å². The van der Waals surface area contributed by atoms with E-state index < -0.39 is 4.92 Å². The van der Waals surface area contributed by atoms with Crippen LogP contribution in [0.4, 0.5) is 5.69 Å². The molecule has 1 aromatic rings. The third-order valence-electron chi connectivity index (χ3n) is 2.96. The monoisotopic (exact) mass is 250 g/mol. The lowest BCUT2D eigenvalue weighted by molar-refractivity contribution is -0.385. The molecule has 0 bridgehead atoms. The van der Waals surface area contributed by atoms with E-state index in [1.54, 1.807) is 24.0 Å². The van der Waals surface area contributed by atoms with Crippen molar-refractivity contribution in [3.05, 3.63) is 39.4 Å². The van der Waals surface area contributed by atoms with Gasteiger partial charge in [-0.2, -0.15) is 0 Å². The standard InChI is InChI=1S/C12H14N2O4/c1-9-3-2-4-10(14(16)17)11(9)12(15)13-5-7-18-8-6-13/h2-4H,5-8H2,1H3. The number of carbonyl (C=O) groups excluding carboxylic acids is 1. The molecule has 1 aromatic carbocycles. The molecule has 2 rings (SSSR count). The summed E-state index contributed by atoms with van der Waals surface area (Å²) in [4.78, 5) is 24.4. The van der Waals surface area contributed by atoms with Crippen LogP contribution in [0, 0.1) is 17.0 Å². The molecule has 1 heterocycles. The van der Waals surface area contributed by atoms with Crippen LogP contribution in [-0.4, -0.2) is 42.0 Å². The first-order chi connectivity index (χ1) is 8.61. The summed E-state index contributed by atoms with van der Waals surface area (Å²) in [5.41, 5.74) is 0.677. The average molecular weight is 250 g/mol. The number of amides is 1. The molecule has 0 saturated carbocycles. The number of rotatable bonds is 2. The Morgan fingerprint density at radius 2 is 2.06 bits per heavy atom. The van der Waals surface area contributed by atoms with Crippen molar-refractivity contribution in [2.24, 2.45) is 0 Å². The molecule has 1 amide bonds. The topological polar surface area (TPSA) is 72.7 Å². The lowest BCUT2D eigenvalue weighted by Gasteiger charge is -2.27. The Labute approximate surface area is 104 Å². The number of nitro groups is 1. The quantitative estimate of drug-likeness (QED) is 0.587. The van der Waals surface area contributed by atoms with Crippen LogP contribution in [0.5, 0.6) is 0 Å². The molecule has 0 N–H and O–H groups in total. The Morgan fingerprint density at radius 3 is 2.67 bits per heavy atom. The van der Waals surface area contributed by atoms with Crippen LogP contribution in [-0.2, 0) is 4.74 Å². The van der Waals surface area contributed by atoms with Gasteiger partial charge >= 0.3 is 0 Å². The minimum absolute atomic E-state index is 0.133. The van der Waals surface area contributed by atoms with Crippen LogP contribution in [0.3, 0.4) is 0 Å². The first-order valence-electron chi connectivity index (χ1n) is 5.72. The van der Waals surface area contributed by atoms with Crippen molar-refractivity contribution < 1.29 is 14.5 Å². The zero-order valence-electron chi connectivity index (χ0n) is 10.1. The van der Waals surface area contributed by atoms with Crippen LogP contribution in [0.1, 0.15) is 15.9 Å². The lowest BCUT2D eigenvalue weighted by Crippen LogP contribution is -2.41. The van der Waals surface area contributed by atoms with E-state index in [2.05, 4.69) is 0 Å². The van der Waals surface area contributed by atoms with Gasteiger partial charge in [0.25, 0.3) is 11.6 Å². The number of nitrogens with zero attached hydrogens (tertiary/aromatic N) is 2. The second-order valence-electron chi connectivity index (χ2n) is 4.13. The number of nitro benzene ring substituents is 1. The molecule has 96 valence electrons. The van der Waals surface area contributed by atoms with E-state index in [1.165, 1.54) is 6.07 Å². The predicted octanol–water partition coefficient (Wildman–Crippen LogP) is 1.38. The van der Waals surface area contributed by atoms with E-state index in [4.69, 9.17) is 4.74 Å². The highest BCUT2D eigenvalue weighted by molar-refractivity contribution is 5.99. The van der Waals surface area contributed by atoms with Gasteiger partial charge in [0.05, 0.1) is 18.1 Å². The van der Waals surface area contributed by atoms with E-state index in [1.807, 2.05) is 0 Å². The van der Waals surface area contributed by atoms with Gasteiger partial charge in [-0.25, -0.2) is 0 Å². The van der Waals surface area contributed by atoms with Crippen LogP contribution < -0.4 is 0 Å². The molecule has 0 radical (unpaired) electrons. The number of hydrogen-bond donors (Lipinski definition) is 0. The highest BCUT2D eigenvalue weighted by Gasteiger charge is 2.27. The third kappa shape index (κ3) is 2.33. The molecule has 0 aromatic heterocycles. The lowest BCUT2D eigenvalue weighted by atomic mass is 10.1. The van der Waals surface area contributed by atoms with Gasteiger partial charge in [0, 0.05) is 19.2 Å². The zero-order valence-corrected chi connectivity index (χ0v) is 10.1. The minimum atomic E-state index is -0.513. The van der Waals surface area contributed by atoms with Crippen LogP contribution in [0.15, 0.2) is 18.2 Å². The summed E-state index contributed by atoms with van der Waals surface area (Å²) in [6, 6.07) is 4.66. The molecule has 6 heteroatoms. The van der Waals surface area contributed by atoms with E-state index in [9.17, 15) is 14.9 Å². The van der Waals surface area contributed by atoms with E-state index in [0.29, 0.717) is 31.9 Å². The van der Waals surface area contributed by atoms with E-state index in [-0.39, 0.29) is 17.2 Å². The summed E-state index contributed by atoms with van der Waals surface area (Å²) in [5, 5.41) is 11.0. The number of morpholine rings is 1. The summed E-state index contributed by atoms with van der Waals surface area (Å²) in [6.07, 6.45) is 0. The number of ether oxygens (including phenoxy) is 1. The maximum Gasteiger partial charge on any atom is 0.282 e. The van der Waals surface area contributed by atoms with Crippen molar-refractivity contribution in [1.29, 1.82) is 0 Å². The average Bonchev–Trinajstić information content (AvgIpc) is 2.38. The highest BCUT2D eigenvalue weighted by Crippen LogP contribution is 2.23. The summed E-state index contributed by atoms with van der Waals surface area (Å²) < 4.78 is 5.17. The molecule has 0 atom stereocenters. The summed E-state index contributed by atoms with van der Waals surface area (Å²) >= 11 is 0. The SMILES string of the molecule is Cc1cccc([N+](=O)[O-])c1C(=O)N1CCOCC1. The Balaban J connectivity index is 2.36. The fourth-order valence-corrected chi connectivity index (χ4v) is 2.01. The van der Waals surface area contributed by atoms with Gasteiger partial charge < -0.3 is 9.64 Å². The van der Waals surface area contributed by atoms with Crippen molar-refractivity contribution in [3.8, 4) is 0 Å². The predicted molar refractivity (Wildman–Crippen MR) is 64.6 cm³/mol. The smallest absolute Gasteiger partial charge is 0.282 e. The van der Waals surface area contributed by atoms with Gasteiger partial charge in [-0.3, -0.25) is 14.9 Å². The molecule has 1 fully saturated rings. The molecule has 6 nitrogen and oxygen atoms in total. The molecule has 0 unspecified atom stereocenters. The molecular weight excluding hydrogens is 236 g/mol. The van der Waals surface area contributed by atoms with Crippen molar-refractivity contribution in [2.45, 2.75) is 6.92 Å². The van der Waals surface area contributed by atoms with Crippen LogP contribution in [0.2, 0.25) is 0 Å². The van der Waals surface area contributed by atoms with Crippen molar-refractivity contribution in [1.82, 2.24) is 4.90 Å². The summed E-state index contributed by atoms with van der Waals surface area (Å²) in [7, 11) is 0. The van der Waals surface area contributed by atoms with Gasteiger partial charge in [0.1, 0.15) is 5.56 Å². The Hall–Kier alpha value is -1.95.